The van der Waals surface area contributed by atoms with Crippen LogP contribution in [0.1, 0.15) is 4.88 Å². The quantitative estimate of drug-likeness (QED) is 0.851. The van der Waals surface area contributed by atoms with Crippen molar-refractivity contribution in [1.29, 1.82) is 0 Å². The molecule has 17 heavy (non-hydrogen) atoms. The van der Waals surface area contributed by atoms with E-state index in [-0.39, 0.29) is 6.10 Å². The fraction of sp³-hybridized carbons (Fsp3) is 0.250. The molecule has 1 atom stereocenters. The molecule has 0 aliphatic rings. The number of benzene rings is 1. The van der Waals surface area contributed by atoms with Gasteiger partial charge in [0.15, 0.2) is 0 Å². The minimum Gasteiger partial charge on any atom is -0.392 e. The molecule has 1 heterocycles. The van der Waals surface area contributed by atoms with Crippen LogP contribution < -0.4 is 0 Å². The van der Waals surface area contributed by atoms with Crippen LogP contribution in [0.4, 0.5) is 0 Å². The first-order valence-electron chi connectivity index (χ1n) is 5.18. The zero-order chi connectivity index (χ0) is 12.1. The number of hydrogen-bond donors (Lipinski definition) is 1. The summed E-state index contributed by atoms with van der Waals surface area (Å²) in [6, 6.07) is 8.12. The highest BCUT2D eigenvalue weighted by Crippen LogP contribution is 2.22. The molecular weight excluding hydrogens is 318 g/mol. The maximum atomic E-state index is 9.89. The normalized spacial score (nSPS) is 12.6. The number of aliphatic hydroxyl groups is 1. The van der Waals surface area contributed by atoms with Crippen LogP contribution in [0, 0.1) is 0 Å². The summed E-state index contributed by atoms with van der Waals surface area (Å²) in [4.78, 5) is 6.31. The lowest BCUT2D eigenvalue weighted by atomic mass is 10.3. The van der Waals surface area contributed by atoms with E-state index in [0.29, 0.717) is 12.2 Å². The van der Waals surface area contributed by atoms with E-state index >= 15 is 0 Å². The number of rotatable bonds is 5. The molecule has 0 saturated carbocycles. The Kier molecular flexibility index (Phi) is 5.03. The lowest BCUT2D eigenvalue weighted by Gasteiger charge is -2.08. The minimum absolute atomic E-state index is 0.316. The van der Waals surface area contributed by atoms with Crippen molar-refractivity contribution in [2.75, 3.05) is 5.75 Å². The van der Waals surface area contributed by atoms with Gasteiger partial charge in [-0.3, -0.25) is 4.98 Å². The molecule has 5 heteroatoms. The lowest BCUT2D eigenvalue weighted by Crippen LogP contribution is -2.12. The molecule has 2 rings (SSSR count). The van der Waals surface area contributed by atoms with Gasteiger partial charge in [0, 0.05) is 32.6 Å². The van der Waals surface area contributed by atoms with Crippen molar-refractivity contribution in [3.05, 3.63) is 45.3 Å². The fourth-order valence-corrected chi connectivity index (χ4v) is 3.12. The molecule has 0 aliphatic carbocycles. The van der Waals surface area contributed by atoms with E-state index in [1.165, 1.54) is 4.90 Å². The van der Waals surface area contributed by atoms with Gasteiger partial charge in [-0.05, 0) is 24.3 Å². The summed E-state index contributed by atoms with van der Waals surface area (Å²) in [5.41, 5.74) is 1.80. The predicted molar refractivity (Wildman–Crippen MR) is 76.7 cm³/mol. The molecular formula is C12H12BrNOS2. The van der Waals surface area contributed by atoms with E-state index < -0.39 is 0 Å². The number of aromatic nitrogens is 1. The van der Waals surface area contributed by atoms with Crippen LogP contribution in [0.15, 0.2) is 45.3 Å². The number of thiazole rings is 1. The van der Waals surface area contributed by atoms with Crippen molar-refractivity contribution in [3.63, 3.8) is 0 Å². The van der Waals surface area contributed by atoms with Crippen molar-refractivity contribution in [1.82, 2.24) is 4.98 Å². The second-order valence-electron chi connectivity index (χ2n) is 3.59. The standard InChI is InChI=1S/C12H12BrNOS2/c13-9-1-3-11(4-2-9)16-7-10(15)5-12-6-14-8-17-12/h1-4,6,8,10,15H,5,7H2. The third kappa shape index (κ3) is 4.43. The van der Waals surface area contributed by atoms with E-state index in [9.17, 15) is 5.11 Å². The molecule has 2 nitrogen and oxygen atoms in total. The van der Waals surface area contributed by atoms with Gasteiger partial charge in [-0.1, -0.05) is 15.9 Å². The molecule has 0 spiro atoms. The first-order valence-corrected chi connectivity index (χ1v) is 7.83. The SMILES string of the molecule is OC(CSc1ccc(Br)cc1)Cc1cncs1. The van der Waals surface area contributed by atoms with Gasteiger partial charge >= 0.3 is 0 Å². The van der Waals surface area contributed by atoms with Crippen molar-refractivity contribution in [2.24, 2.45) is 0 Å². The van der Waals surface area contributed by atoms with Crippen molar-refractivity contribution in [2.45, 2.75) is 17.4 Å². The van der Waals surface area contributed by atoms with E-state index in [2.05, 4.69) is 20.9 Å². The van der Waals surface area contributed by atoms with Gasteiger partial charge in [-0.15, -0.1) is 23.1 Å². The Morgan fingerprint density at radius 1 is 1.35 bits per heavy atom. The summed E-state index contributed by atoms with van der Waals surface area (Å²) in [5.74, 6) is 0.708. The Labute approximate surface area is 117 Å². The molecule has 1 aromatic carbocycles. The third-order valence-corrected chi connectivity index (χ3v) is 4.66. The second-order valence-corrected chi connectivity index (χ2v) is 6.57. The van der Waals surface area contributed by atoms with Gasteiger partial charge in [-0.2, -0.15) is 0 Å². The van der Waals surface area contributed by atoms with Crippen LogP contribution in [0.25, 0.3) is 0 Å². The Hall–Kier alpha value is -0.360. The molecule has 1 unspecified atom stereocenters. The first-order chi connectivity index (χ1) is 8.24. The molecule has 90 valence electrons. The zero-order valence-electron chi connectivity index (χ0n) is 9.04. The van der Waals surface area contributed by atoms with Gasteiger partial charge in [0.05, 0.1) is 11.6 Å². The minimum atomic E-state index is -0.316. The Morgan fingerprint density at radius 3 is 2.76 bits per heavy atom. The third-order valence-electron chi connectivity index (χ3n) is 2.18. The van der Waals surface area contributed by atoms with Crippen molar-refractivity contribution < 1.29 is 5.11 Å². The highest BCUT2D eigenvalue weighted by molar-refractivity contribution is 9.10. The first kappa shape index (κ1) is 13.1. The molecule has 2 aromatic rings. The van der Waals surface area contributed by atoms with E-state index in [4.69, 9.17) is 0 Å². The second kappa shape index (κ2) is 6.54. The Morgan fingerprint density at radius 2 is 2.12 bits per heavy atom. The van der Waals surface area contributed by atoms with E-state index in [1.54, 1.807) is 28.6 Å². The van der Waals surface area contributed by atoms with Crippen molar-refractivity contribution >= 4 is 39.0 Å². The van der Waals surface area contributed by atoms with Gasteiger partial charge in [-0.25, -0.2) is 0 Å². The highest BCUT2D eigenvalue weighted by atomic mass is 79.9. The molecule has 1 N–H and O–H groups in total. The summed E-state index contributed by atoms with van der Waals surface area (Å²) in [5, 5.41) is 9.89. The zero-order valence-corrected chi connectivity index (χ0v) is 12.3. The maximum Gasteiger partial charge on any atom is 0.0794 e. The Bertz CT molecular complexity index is 444. The van der Waals surface area contributed by atoms with Gasteiger partial charge < -0.3 is 5.11 Å². The van der Waals surface area contributed by atoms with E-state index in [0.717, 1.165) is 9.35 Å². The van der Waals surface area contributed by atoms with Crippen LogP contribution >= 0.6 is 39.0 Å². The monoisotopic (exact) mass is 329 g/mol. The van der Waals surface area contributed by atoms with Crippen LogP contribution in [0.3, 0.4) is 0 Å². The number of nitrogens with zero attached hydrogens (tertiary/aromatic N) is 1. The van der Waals surface area contributed by atoms with Crippen LogP contribution in [-0.2, 0) is 6.42 Å². The molecule has 0 radical (unpaired) electrons. The van der Waals surface area contributed by atoms with Crippen molar-refractivity contribution in [3.8, 4) is 0 Å². The molecule has 0 saturated heterocycles. The summed E-state index contributed by atoms with van der Waals surface area (Å²) in [6.45, 7) is 0. The van der Waals surface area contributed by atoms with Gasteiger partial charge in [0.25, 0.3) is 0 Å². The molecule has 1 aromatic heterocycles. The summed E-state index contributed by atoms with van der Waals surface area (Å²) in [6.07, 6.45) is 2.19. The van der Waals surface area contributed by atoms with Gasteiger partial charge in [0.1, 0.15) is 0 Å². The topological polar surface area (TPSA) is 33.1 Å². The average molecular weight is 330 g/mol. The highest BCUT2D eigenvalue weighted by Gasteiger charge is 2.07. The number of aliphatic hydroxyl groups excluding tert-OH is 1. The smallest absolute Gasteiger partial charge is 0.0794 e. The van der Waals surface area contributed by atoms with Crippen LogP contribution in [-0.4, -0.2) is 21.9 Å². The predicted octanol–water partition coefficient (Wildman–Crippen LogP) is 3.60. The average Bonchev–Trinajstić information content (AvgIpc) is 2.81. The summed E-state index contributed by atoms with van der Waals surface area (Å²) in [7, 11) is 0. The fourth-order valence-electron chi connectivity index (χ4n) is 1.36. The summed E-state index contributed by atoms with van der Waals surface area (Å²) >= 11 is 6.66. The number of thioether (sulfide) groups is 1. The summed E-state index contributed by atoms with van der Waals surface area (Å²) < 4.78 is 1.08. The molecule has 0 fully saturated rings. The number of hydrogen-bond acceptors (Lipinski definition) is 4. The Balaban J connectivity index is 1.79. The lowest BCUT2D eigenvalue weighted by molar-refractivity contribution is 0.201. The maximum absolute atomic E-state index is 9.89. The van der Waals surface area contributed by atoms with E-state index in [1.807, 2.05) is 30.5 Å². The molecule has 0 bridgehead atoms. The van der Waals surface area contributed by atoms with Crippen LogP contribution in [0.2, 0.25) is 0 Å². The van der Waals surface area contributed by atoms with Gasteiger partial charge in [0.2, 0.25) is 0 Å². The molecule has 0 aliphatic heterocycles. The largest absolute Gasteiger partial charge is 0.392 e. The molecule has 0 amide bonds. The number of halogens is 1. The van der Waals surface area contributed by atoms with Crippen LogP contribution in [0.5, 0.6) is 0 Å².